The van der Waals surface area contributed by atoms with Gasteiger partial charge in [0.1, 0.15) is 0 Å². The van der Waals surface area contributed by atoms with Crippen molar-refractivity contribution in [1.82, 2.24) is 15.2 Å². The second-order valence-electron chi connectivity index (χ2n) is 5.25. The van der Waals surface area contributed by atoms with Gasteiger partial charge in [0.05, 0.1) is 0 Å². The summed E-state index contributed by atoms with van der Waals surface area (Å²) in [6, 6.07) is 14.0. The zero-order chi connectivity index (χ0) is 15.1. The topological polar surface area (TPSA) is 45.2 Å². The average Bonchev–Trinajstić information content (AvgIpc) is 2.52. The number of aromatic nitrogens is 1. The minimum Gasteiger partial charge on any atom is -0.350 e. The standard InChI is InChI=1S/C17H21N3O/c1-20(2)16(12-14-6-4-3-5-7-14)13-19-17(21)15-8-10-18-11-9-15/h3-11,16H,12-13H2,1-2H3,(H,19,21). The van der Waals surface area contributed by atoms with Gasteiger partial charge in [-0.05, 0) is 38.2 Å². The number of amides is 1. The Labute approximate surface area is 125 Å². The van der Waals surface area contributed by atoms with Crippen LogP contribution in [0.4, 0.5) is 0 Å². The SMILES string of the molecule is CN(C)C(CNC(=O)c1ccncc1)Cc1ccccc1. The fraction of sp³-hybridized carbons (Fsp3) is 0.294. The Morgan fingerprint density at radius 1 is 1.14 bits per heavy atom. The van der Waals surface area contributed by atoms with Crippen molar-refractivity contribution < 1.29 is 4.79 Å². The van der Waals surface area contributed by atoms with Crippen LogP contribution in [0.15, 0.2) is 54.9 Å². The molecule has 1 amide bonds. The van der Waals surface area contributed by atoms with Gasteiger partial charge < -0.3 is 10.2 Å². The highest BCUT2D eigenvalue weighted by atomic mass is 16.1. The van der Waals surface area contributed by atoms with Crippen LogP contribution in [0, 0.1) is 0 Å². The number of carbonyl (C=O) groups excluding carboxylic acids is 1. The highest BCUT2D eigenvalue weighted by Gasteiger charge is 2.14. The van der Waals surface area contributed by atoms with Gasteiger partial charge >= 0.3 is 0 Å². The molecule has 2 rings (SSSR count). The monoisotopic (exact) mass is 283 g/mol. The molecule has 0 aliphatic carbocycles. The zero-order valence-electron chi connectivity index (χ0n) is 12.5. The highest BCUT2D eigenvalue weighted by molar-refractivity contribution is 5.93. The molecule has 1 N–H and O–H groups in total. The number of nitrogens with one attached hydrogen (secondary N) is 1. The first-order valence-electron chi connectivity index (χ1n) is 7.05. The molecule has 110 valence electrons. The molecule has 0 saturated heterocycles. The first-order valence-corrected chi connectivity index (χ1v) is 7.05. The van der Waals surface area contributed by atoms with Crippen molar-refractivity contribution in [2.24, 2.45) is 0 Å². The van der Waals surface area contributed by atoms with E-state index in [0.29, 0.717) is 12.1 Å². The largest absolute Gasteiger partial charge is 0.350 e. The molecular weight excluding hydrogens is 262 g/mol. The number of rotatable bonds is 6. The van der Waals surface area contributed by atoms with Crippen LogP contribution in [0.25, 0.3) is 0 Å². The fourth-order valence-corrected chi connectivity index (χ4v) is 2.14. The first-order chi connectivity index (χ1) is 10.2. The lowest BCUT2D eigenvalue weighted by Gasteiger charge is -2.24. The molecule has 0 radical (unpaired) electrons. The van der Waals surface area contributed by atoms with Crippen molar-refractivity contribution in [3.8, 4) is 0 Å². The molecule has 0 bridgehead atoms. The van der Waals surface area contributed by atoms with Crippen LogP contribution in [0.5, 0.6) is 0 Å². The summed E-state index contributed by atoms with van der Waals surface area (Å²) < 4.78 is 0. The number of hydrogen-bond acceptors (Lipinski definition) is 3. The molecule has 1 unspecified atom stereocenters. The fourth-order valence-electron chi connectivity index (χ4n) is 2.14. The van der Waals surface area contributed by atoms with E-state index < -0.39 is 0 Å². The van der Waals surface area contributed by atoms with Gasteiger partial charge in [-0.25, -0.2) is 0 Å². The van der Waals surface area contributed by atoms with E-state index in [4.69, 9.17) is 0 Å². The minimum absolute atomic E-state index is 0.0580. The third kappa shape index (κ3) is 4.68. The summed E-state index contributed by atoms with van der Waals surface area (Å²) in [4.78, 5) is 18.1. The second-order valence-corrected chi connectivity index (χ2v) is 5.25. The van der Waals surface area contributed by atoms with Crippen molar-refractivity contribution >= 4 is 5.91 Å². The van der Waals surface area contributed by atoms with Crippen molar-refractivity contribution in [2.75, 3.05) is 20.6 Å². The maximum atomic E-state index is 12.1. The molecule has 4 nitrogen and oxygen atoms in total. The van der Waals surface area contributed by atoms with E-state index >= 15 is 0 Å². The van der Waals surface area contributed by atoms with Crippen LogP contribution < -0.4 is 5.32 Å². The normalized spacial score (nSPS) is 12.1. The predicted molar refractivity (Wildman–Crippen MR) is 84.2 cm³/mol. The van der Waals surface area contributed by atoms with Gasteiger partial charge in [0.25, 0.3) is 5.91 Å². The highest BCUT2D eigenvalue weighted by Crippen LogP contribution is 2.06. The number of hydrogen-bond donors (Lipinski definition) is 1. The third-order valence-corrected chi connectivity index (χ3v) is 3.49. The van der Waals surface area contributed by atoms with Crippen LogP contribution in [0.3, 0.4) is 0 Å². The number of carbonyl (C=O) groups is 1. The third-order valence-electron chi connectivity index (χ3n) is 3.49. The second kappa shape index (κ2) is 7.55. The van der Waals surface area contributed by atoms with Crippen molar-refractivity contribution in [3.63, 3.8) is 0 Å². The lowest BCUT2D eigenvalue weighted by Crippen LogP contribution is -2.41. The Balaban J connectivity index is 1.93. The van der Waals surface area contributed by atoms with Crippen LogP contribution in [0.2, 0.25) is 0 Å². The van der Waals surface area contributed by atoms with E-state index in [-0.39, 0.29) is 11.9 Å². The molecule has 1 atom stereocenters. The number of nitrogens with zero attached hydrogens (tertiary/aromatic N) is 2. The molecule has 0 spiro atoms. The predicted octanol–water partition coefficient (Wildman–Crippen LogP) is 1.98. The summed E-state index contributed by atoms with van der Waals surface area (Å²) in [6.07, 6.45) is 4.16. The van der Waals surface area contributed by atoms with Gasteiger partial charge in [0.2, 0.25) is 0 Å². The molecule has 1 heterocycles. The Morgan fingerprint density at radius 2 is 1.81 bits per heavy atom. The lowest BCUT2D eigenvalue weighted by atomic mass is 10.1. The maximum absolute atomic E-state index is 12.1. The van der Waals surface area contributed by atoms with E-state index in [1.807, 2.05) is 32.3 Å². The summed E-state index contributed by atoms with van der Waals surface area (Å²) in [5.74, 6) is -0.0580. The van der Waals surface area contributed by atoms with E-state index in [1.54, 1.807) is 24.5 Å². The number of likely N-dealkylation sites (N-methyl/N-ethyl adjacent to an activating group) is 1. The van der Waals surface area contributed by atoms with Crippen molar-refractivity contribution in [2.45, 2.75) is 12.5 Å². The first kappa shape index (κ1) is 15.2. The molecule has 0 fully saturated rings. The zero-order valence-corrected chi connectivity index (χ0v) is 12.5. The molecule has 21 heavy (non-hydrogen) atoms. The van der Waals surface area contributed by atoms with E-state index in [1.165, 1.54) is 5.56 Å². The lowest BCUT2D eigenvalue weighted by molar-refractivity contribution is 0.0941. The van der Waals surface area contributed by atoms with Gasteiger partial charge in [-0.2, -0.15) is 0 Å². The molecular formula is C17H21N3O. The van der Waals surface area contributed by atoms with Crippen LogP contribution >= 0.6 is 0 Å². The number of benzene rings is 1. The summed E-state index contributed by atoms with van der Waals surface area (Å²) in [5, 5.41) is 2.99. The molecule has 0 saturated carbocycles. The van der Waals surface area contributed by atoms with Crippen LogP contribution in [0.1, 0.15) is 15.9 Å². The van der Waals surface area contributed by atoms with E-state index in [0.717, 1.165) is 6.42 Å². The van der Waals surface area contributed by atoms with E-state index in [9.17, 15) is 4.79 Å². The Kier molecular flexibility index (Phi) is 5.46. The van der Waals surface area contributed by atoms with E-state index in [2.05, 4.69) is 27.3 Å². The van der Waals surface area contributed by atoms with Gasteiger partial charge in [-0.15, -0.1) is 0 Å². The molecule has 4 heteroatoms. The Hall–Kier alpha value is -2.20. The minimum atomic E-state index is -0.0580. The Bertz CT molecular complexity index is 555. The van der Waals surface area contributed by atoms with Crippen molar-refractivity contribution in [1.29, 1.82) is 0 Å². The van der Waals surface area contributed by atoms with Gasteiger partial charge in [-0.3, -0.25) is 9.78 Å². The molecule has 1 aromatic heterocycles. The average molecular weight is 283 g/mol. The Morgan fingerprint density at radius 3 is 2.43 bits per heavy atom. The molecule has 0 aliphatic heterocycles. The number of pyridine rings is 1. The maximum Gasteiger partial charge on any atom is 0.251 e. The summed E-state index contributed by atoms with van der Waals surface area (Å²) in [7, 11) is 4.07. The van der Waals surface area contributed by atoms with Gasteiger partial charge in [0.15, 0.2) is 0 Å². The smallest absolute Gasteiger partial charge is 0.251 e. The summed E-state index contributed by atoms with van der Waals surface area (Å²) in [6.45, 7) is 0.614. The molecule has 2 aromatic rings. The summed E-state index contributed by atoms with van der Waals surface area (Å²) >= 11 is 0. The van der Waals surface area contributed by atoms with Gasteiger partial charge in [-0.1, -0.05) is 30.3 Å². The molecule has 1 aromatic carbocycles. The summed E-state index contributed by atoms with van der Waals surface area (Å²) in [5.41, 5.74) is 1.91. The quantitative estimate of drug-likeness (QED) is 0.882. The van der Waals surface area contributed by atoms with Gasteiger partial charge in [0, 0.05) is 30.5 Å². The van der Waals surface area contributed by atoms with Crippen LogP contribution in [-0.2, 0) is 6.42 Å². The van der Waals surface area contributed by atoms with Crippen LogP contribution in [-0.4, -0.2) is 42.5 Å². The van der Waals surface area contributed by atoms with Crippen molar-refractivity contribution in [3.05, 3.63) is 66.0 Å². The molecule has 0 aliphatic rings.